The lowest BCUT2D eigenvalue weighted by Crippen LogP contribution is -2.37. The second-order valence-corrected chi connectivity index (χ2v) is 9.02. The van der Waals surface area contributed by atoms with Crippen molar-refractivity contribution in [3.63, 3.8) is 0 Å². The van der Waals surface area contributed by atoms with Crippen LogP contribution in [0.15, 0.2) is 53.4 Å². The Bertz CT molecular complexity index is 944. The van der Waals surface area contributed by atoms with Crippen LogP contribution >= 0.6 is 0 Å². The second-order valence-electron chi connectivity index (χ2n) is 7.63. The molecule has 1 unspecified atom stereocenters. The number of carbonyl (C=O) groups is 1. The lowest BCUT2D eigenvalue weighted by atomic mass is 9.91. The summed E-state index contributed by atoms with van der Waals surface area (Å²) in [5.74, 6) is -0.0310. The predicted octanol–water partition coefficient (Wildman–Crippen LogP) is 3.99. The Morgan fingerprint density at radius 2 is 1.86 bits per heavy atom. The fourth-order valence-electron chi connectivity index (χ4n) is 4.00. The van der Waals surface area contributed by atoms with Crippen LogP contribution in [0.3, 0.4) is 0 Å². The van der Waals surface area contributed by atoms with Crippen molar-refractivity contribution in [1.29, 1.82) is 0 Å². The summed E-state index contributed by atoms with van der Waals surface area (Å²) >= 11 is 0. The average Bonchev–Trinajstić information content (AvgIpc) is 2.68. The Kier molecular flexibility index (Phi) is 7.16. The van der Waals surface area contributed by atoms with E-state index in [9.17, 15) is 22.2 Å². The molecule has 1 saturated heterocycles. The number of benzene rings is 2. The van der Waals surface area contributed by atoms with Crippen molar-refractivity contribution >= 4 is 15.9 Å². The minimum Gasteiger partial charge on any atom is -0.303 e. The number of hydrogen-bond acceptors (Lipinski definition) is 4. The van der Waals surface area contributed by atoms with Gasteiger partial charge in [0.2, 0.25) is 0 Å². The van der Waals surface area contributed by atoms with Crippen LogP contribution in [0.1, 0.15) is 41.6 Å². The molecule has 3 rings (SSSR count). The van der Waals surface area contributed by atoms with E-state index in [0.717, 1.165) is 38.9 Å². The number of Topliss-reactive ketones (excluding diaryl/α,β-unsaturated/α-hetero) is 1. The molecule has 2 aromatic carbocycles. The molecule has 0 radical (unpaired) electrons. The molecule has 5 nitrogen and oxygen atoms in total. The van der Waals surface area contributed by atoms with Crippen LogP contribution < -0.4 is 0 Å². The Morgan fingerprint density at radius 1 is 1.14 bits per heavy atom. The first-order valence-corrected chi connectivity index (χ1v) is 11.3. The van der Waals surface area contributed by atoms with Gasteiger partial charge in [-0.3, -0.25) is 9.35 Å². The Morgan fingerprint density at radius 3 is 2.59 bits per heavy atom. The summed E-state index contributed by atoms with van der Waals surface area (Å²) in [7, 11) is -4.23. The Balaban J connectivity index is 1.51. The van der Waals surface area contributed by atoms with Gasteiger partial charge in [-0.2, -0.15) is 8.42 Å². The molecular formula is C22H26FNO4S. The predicted molar refractivity (Wildman–Crippen MR) is 109 cm³/mol. The fraction of sp³-hybridized carbons (Fsp3) is 0.409. The zero-order chi connectivity index (χ0) is 20.9. The normalized spacial score (nSPS) is 17.9. The molecule has 1 fully saturated rings. The first kappa shape index (κ1) is 21.6. The van der Waals surface area contributed by atoms with Crippen LogP contribution in [0.4, 0.5) is 4.39 Å². The average molecular weight is 420 g/mol. The van der Waals surface area contributed by atoms with Crippen molar-refractivity contribution in [2.24, 2.45) is 5.92 Å². The first-order chi connectivity index (χ1) is 13.8. The van der Waals surface area contributed by atoms with Gasteiger partial charge in [0, 0.05) is 18.5 Å². The van der Waals surface area contributed by atoms with Gasteiger partial charge in [0.25, 0.3) is 10.1 Å². The molecule has 0 aromatic heterocycles. The molecule has 7 heteroatoms. The first-order valence-electron chi connectivity index (χ1n) is 9.89. The van der Waals surface area contributed by atoms with Gasteiger partial charge in [-0.15, -0.1) is 0 Å². The van der Waals surface area contributed by atoms with Gasteiger partial charge >= 0.3 is 0 Å². The molecule has 0 bridgehead atoms. The topological polar surface area (TPSA) is 74.7 Å². The third-order valence-corrected chi connectivity index (χ3v) is 6.36. The minimum atomic E-state index is -4.23. The van der Waals surface area contributed by atoms with Crippen LogP contribution in [0, 0.1) is 11.7 Å². The van der Waals surface area contributed by atoms with E-state index >= 15 is 0 Å². The summed E-state index contributed by atoms with van der Waals surface area (Å²) in [6, 6.07) is 12.2. The van der Waals surface area contributed by atoms with Crippen LogP contribution in [0.25, 0.3) is 0 Å². The largest absolute Gasteiger partial charge is 0.303 e. The molecule has 1 atom stereocenters. The molecule has 0 spiro atoms. The van der Waals surface area contributed by atoms with Crippen LogP contribution in [0.2, 0.25) is 0 Å². The highest BCUT2D eigenvalue weighted by Gasteiger charge is 2.23. The molecule has 1 N–H and O–H groups in total. The maximum atomic E-state index is 13.0. The second kappa shape index (κ2) is 9.61. The maximum absolute atomic E-state index is 13.0. The monoisotopic (exact) mass is 419 g/mol. The zero-order valence-electron chi connectivity index (χ0n) is 16.3. The quantitative estimate of drug-likeness (QED) is 0.517. The third-order valence-electron chi connectivity index (χ3n) is 5.41. The SMILES string of the molecule is O=C(CCCN1CCCC(Cc2ccccc2S(=O)(=O)O)C1)c1ccc(F)cc1. The highest BCUT2D eigenvalue weighted by atomic mass is 32.2. The van der Waals surface area contributed by atoms with Crippen molar-refractivity contribution in [3.8, 4) is 0 Å². The molecule has 0 amide bonds. The lowest BCUT2D eigenvalue weighted by Gasteiger charge is -2.33. The van der Waals surface area contributed by atoms with Gasteiger partial charge in [0.15, 0.2) is 5.78 Å². The van der Waals surface area contributed by atoms with Crippen molar-refractivity contribution in [2.45, 2.75) is 37.0 Å². The van der Waals surface area contributed by atoms with E-state index in [4.69, 9.17) is 0 Å². The molecule has 1 aliphatic heterocycles. The van der Waals surface area contributed by atoms with Gasteiger partial charge < -0.3 is 4.90 Å². The number of piperidine rings is 1. The van der Waals surface area contributed by atoms with E-state index in [1.807, 2.05) is 0 Å². The van der Waals surface area contributed by atoms with Crippen LogP contribution in [-0.4, -0.2) is 43.3 Å². The van der Waals surface area contributed by atoms with Crippen molar-refractivity contribution in [2.75, 3.05) is 19.6 Å². The highest BCUT2D eigenvalue weighted by molar-refractivity contribution is 7.85. The van der Waals surface area contributed by atoms with E-state index in [0.29, 0.717) is 29.9 Å². The zero-order valence-corrected chi connectivity index (χ0v) is 17.1. The summed E-state index contributed by atoms with van der Waals surface area (Å²) in [4.78, 5) is 14.5. The van der Waals surface area contributed by atoms with Crippen LogP contribution in [-0.2, 0) is 16.5 Å². The fourth-order valence-corrected chi connectivity index (χ4v) is 4.73. The Labute approximate surface area is 171 Å². The number of halogens is 1. The molecule has 0 aliphatic carbocycles. The minimum absolute atomic E-state index is 0.0120. The number of hydrogen-bond donors (Lipinski definition) is 1. The highest BCUT2D eigenvalue weighted by Crippen LogP contribution is 2.25. The van der Waals surface area contributed by atoms with E-state index < -0.39 is 10.1 Å². The lowest BCUT2D eigenvalue weighted by molar-refractivity contribution is 0.0969. The van der Waals surface area contributed by atoms with Gasteiger partial charge in [0.05, 0.1) is 4.90 Å². The number of ketones is 1. The van der Waals surface area contributed by atoms with Gasteiger partial charge in [-0.25, -0.2) is 4.39 Å². The summed E-state index contributed by atoms with van der Waals surface area (Å²) in [6.07, 6.45) is 3.76. The van der Waals surface area contributed by atoms with Gasteiger partial charge in [0.1, 0.15) is 5.82 Å². The van der Waals surface area contributed by atoms with E-state index in [1.165, 1.54) is 30.3 Å². The molecule has 1 heterocycles. The van der Waals surface area contributed by atoms with E-state index in [1.54, 1.807) is 18.2 Å². The van der Waals surface area contributed by atoms with Crippen LogP contribution in [0.5, 0.6) is 0 Å². The molecule has 2 aromatic rings. The van der Waals surface area contributed by atoms with Gasteiger partial charge in [-0.05, 0) is 80.6 Å². The smallest absolute Gasteiger partial charge is 0.294 e. The van der Waals surface area contributed by atoms with Crippen molar-refractivity contribution < 1.29 is 22.2 Å². The number of rotatable bonds is 8. The Hall–Kier alpha value is -2.09. The maximum Gasteiger partial charge on any atom is 0.294 e. The molecular weight excluding hydrogens is 393 g/mol. The molecule has 156 valence electrons. The standard InChI is InChI=1S/C22H26FNO4S/c23-20-11-9-18(10-12-20)21(25)7-4-14-24-13-3-5-17(16-24)15-19-6-1-2-8-22(19)29(26,27)28/h1-2,6,8-12,17H,3-5,7,13-16H2,(H,26,27,28). The summed E-state index contributed by atoms with van der Waals surface area (Å²) in [5.41, 5.74) is 1.18. The molecule has 1 aliphatic rings. The third kappa shape index (κ3) is 6.19. The summed E-state index contributed by atoms with van der Waals surface area (Å²) in [6.45, 7) is 2.59. The van der Waals surface area contributed by atoms with Crippen molar-refractivity contribution in [1.82, 2.24) is 4.90 Å². The number of nitrogens with zero attached hydrogens (tertiary/aromatic N) is 1. The molecule has 0 saturated carbocycles. The van der Waals surface area contributed by atoms with E-state index in [-0.39, 0.29) is 16.5 Å². The summed E-state index contributed by atoms with van der Waals surface area (Å²) < 4.78 is 45.6. The number of likely N-dealkylation sites (tertiary alicyclic amines) is 1. The molecule has 29 heavy (non-hydrogen) atoms. The van der Waals surface area contributed by atoms with Crippen molar-refractivity contribution in [3.05, 3.63) is 65.5 Å². The summed E-state index contributed by atoms with van der Waals surface area (Å²) in [5, 5.41) is 0. The number of carbonyl (C=O) groups excluding carboxylic acids is 1. The van der Waals surface area contributed by atoms with Gasteiger partial charge in [-0.1, -0.05) is 18.2 Å². The van der Waals surface area contributed by atoms with E-state index in [2.05, 4.69) is 4.90 Å².